The summed E-state index contributed by atoms with van der Waals surface area (Å²) < 4.78 is 45.0. The Morgan fingerprint density at radius 1 is 1.18 bits per heavy atom. The molecule has 0 spiro atoms. The number of aromatic nitrogens is 3. The molecule has 182 valence electrons. The van der Waals surface area contributed by atoms with Crippen LogP contribution < -0.4 is 0 Å². The lowest BCUT2D eigenvalue weighted by atomic mass is 9.93. The monoisotopic (exact) mass is 490 g/mol. The number of hydrogen-bond acceptors (Lipinski definition) is 5. The van der Waals surface area contributed by atoms with Crippen molar-refractivity contribution in [3.63, 3.8) is 0 Å². The maximum atomic E-state index is 12.5. The Kier molecular flexibility index (Phi) is 6.27. The highest BCUT2D eigenvalue weighted by atomic mass is 32.2. The predicted octanol–water partition coefficient (Wildman–Crippen LogP) is 5.63. The number of furan rings is 1. The molecule has 34 heavy (non-hydrogen) atoms. The van der Waals surface area contributed by atoms with Crippen LogP contribution in [0.25, 0.3) is 11.6 Å². The number of likely N-dealkylation sites (tertiary alicyclic amines) is 1. The highest BCUT2D eigenvalue weighted by Gasteiger charge is 2.60. The standard InChI is InChI=1S/C25H29F3N4OS/c1-17-9-12-33-21(17)22-29-30-23(31(22)2)34-13-3-11-32-15-20-14-24(20,16-32)19-6-4-18(5-7-19)8-10-25(26,27)28/h4-7,9,12,20H,3,8,10-11,13-16H2,1-2H3/t20-,24+/m0/s1. The van der Waals surface area contributed by atoms with Gasteiger partial charge in [0.25, 0.3) is 0 Å². The number of hydrogen-bond donors (Lipinski definition) is 0. The third-order valence-electron chi connectivity index (χ3n) is 7.19. The molecule has 1 saturated carbocycles. The molecule has 1 aliphatic heterocycles. The zero-order valence-corrected chi connectivity index (χ0v) is 20.3. The van der Waals surface area contributed by atoms with Crippen LogP contribution in [0.1, 0.15) is 36.0 Å². The quantitative estimate of drug-likeness (QED) is 0.287. The fraction of sp³-hybridized carbons (Fsp3) is 0.520. The van der Waals surface area contributed by atoms with Gasteiger partial charge in [0.15, 0.2) is 16.7 Å². The summed E-state index contributed by atoms with van der Waals surface area (Å²) >= 11 is 1.71. The Hall–Kier alpha value is -2.26. The Morgan fingerprint density at radius 2 is 1.97 bits per heavy atom. The molecule has 0 amide bonds. The van der Waals surface area contributed by atoms with Crippen LogP contribution in [-0.2, 0) is 18.9 Å². The first-order chi connectivity index (χ1) is 16.2. The van der Waals surface area contributed by atoms with Crippen LogP contribution in [0.3, 0.4) is 0 Å². The molecule has 3 heterocycles. The molecule has 2 fully saturated rings. The van der Waals surface area contributed by atoms with E-state index < -0.39 is 12.6 Å². The smallest absolute Gasteiger partial charge is 0.389 e. The van der Waals surface area contributed by atoms with Crippen molar-refractivity contribution in [2.24, 2.45) is 13.0 Å². The van der Waals surface area contributed by atoms with E-state index in [4.69, 9.17) is 4.42 Å². The summed E-state index contributed by atoms with van der Waals surface area (Å²) in [6.07, 6.45) is -0.888. The number of nitrogens with zero attached hydrogens (tertiary/aromatic N) is 4. The summed E-state index contributed by atoms with van der Waals surface area (Å²) in [4.78, 5) is 2.53. The van der Waals surface area contributed by atoms with Crippen molar-refractivity contribution in [1.82, 2.24) is 19.7 Å². The number of alkyl halides is 3. The predicted molar refractivity (Wildman–Crippen MR) is 126 cm³/mol. The average Bonchev–Trinajstić information content (AvgIpc) is 3.09. The topological polar surface area (TPSA) is 47.1 Å². The summed E-state index contributed by atoms with van der Waals surface area (Å²) in [5.41, 5.74) is 3.29. The highest BCUT2D eigenvalue weighted by Crippen LogP contribution is 2.59. The van der Waals surface area contributed by atoms with Gasteiger partial charge in [0.2, 0.25) is 0 Å². The van der Waals surface area contributed by atoms with Crippen molar-refractivity contribution in [2.45, 2.75) is 49.4 Å². The molecule has 1 aliphatic carbocycles. The number of thioether (sulfide) groups is 1. The number of halogens is 3. The van der Waals surface area contributed by atoms with Crippen molar-refractivity contribution < 1.29 is 17.6 Å². The Morgan fingerprint density at radius 3 is 2.68 bits per heavy atom. The van der Waals surface area contributed by atoms with Crippen LogP contribution >= 0.6 is 11.8 Å². The van der Waals surface area contributed by atoms with Crippen LogP contribution in [0.5, 0.6) is 0 Å². The zero-order valence-electron chi connectivity index (χ0n) is 19.4. The Bertz CT molecular complexity index is 1140. The molecule has 0 unspecified atom stereocenters. The molecular formula is C25H29F3N4OS. The summed E-state index contributed by atoms with van der Waals surface area (Å²) in [5.74, 6) is 3.14. The van der Waals surface area contributed by atoms with Gasteiger partial charge in [-0.1, -0.05) is 36.0 Å². The molecule has 5 rings (SSSR count). The highest BCUT2D eigenvalue weighted by molar-refractivity contribution is 7.99. The molecule has 0 N–H and O–H groups in total. The third-order valence-corrected chi connectivity index (χ3v) is 8.30. The van der Waals surface area contributed by atoms with Gasteiger partial charge in [0, 0.05) is 37.7 Å². The minimum Gasteiger partial charge on any atom is -0.461 e. The number of fused-ring (bicyclic) bond motifs is 1. The van der Waals surface area contributed by atoms with Gasteiger partial charge in [-0.25, -0.2) is 0 Å². The van der Waals surface area contributed by atoms with E-state index in [1.807, 2.05) is 36.7 Å². The van der Waals surface area contributed by atoms with Crippen LogP contribution in [0, 0.1) is 12.8 Å². The lowest BCUT2D eigenvalue weighted by Gasteiger charge is -2.21. The SMILES string of the molecule is Cc1ccoc1-c1nnc(SCCCN2C[C@@H]3C[C@]3(c3ccc(CCC(F)(F)F)cc3)C2)n1C. The van der Waals surface area contributed by atoms with Crippen molar-refractivity contribution in [3.05, 3.63) is 53.3 Å². The van der Waals surface area contributed by atoms with Crippen molar-refractivity contribution >= 4 is 11.8 Å². The summed E-state index contributed by atoms with van der Waals surface area (Å²) in [6.45, 7) is 5.18. The molecule has 9 heteroatoms. The van der Waals surface area contributed by atoms with Crippen LogP contribution in [0.2, 0.25) is 0 Å². The molecule has 0 radical (unpaired) electrons. The first kappa shape index (κ1) is 23.5. The van der Waals surface area contributed by atoms with Gasteiger partial charge in [-0.05, 0) is 61.4 Å². The molecule has 2 aliphatic rings. The summed E-state index contributed by atoms with van der Waals surface area (Å²) in [5, 5.41) is 9.51. The molecule has 2 aromatic heterocycles. The summed E-state index contributed by atoms with van der Waals surface area (Å²) in [7, 11) is 1.96. The normalized spacial score (nSPS) is 22.3. The first-order valence-corrected chi connectivity index (χ1v) is 12.7. The van der Waals surface area contributed by atoms with Gasteiger partial charge in [-0.2, -0.15) is 13.2 Å². The average molecular weight is 491 g/mol. The fourth-order valence-corrected chi connectivity index (χ4v) is 6.02. The van der Waals surface area contributed by atoms with E-state index in [1.165, 1.54) is 12.0 Å². The van der Waals surface area contributed by atoms with E-state index in [0.717, 1.165) is 59.7 Å². The minimum absolute atomic E-state index is 0.0537. The molecule has 2 atom stereocenters. The van der Waals surface area contributed by atoms with Crippen molar-refractivity contribution in [2.75, 3.05) is 25.4 Å². The van der Waals surface area contributed by atoms with E-state index in [9.17, 15) is 13.2 Å². The van der Waals surface area contributed by atoms with E-state index in [-0.39, 0.29) is 11.8 Å². The van der Waals surface area contributed by atoms with E-state index in [2.05, 4.69) is 27.2 Å². The zero-order chi connectivity index (χ0) is 23.9. The van der Waals surface area contributed by atoms with Crippen LogP contribution in [-0.4, -0.2) is 51.2 Å². The number of rotatable bonds is 9. The maximum absolute atomic E-state index is 12.5. The molecule has 3 aromatic rings. The number of aryl methyl sites for hydroxylation is 2. The van der Waals surface area contributed by atoms with Crippen molar-refractivity contribution in [1.29, 1.82) is 0 Å². The Balaban J connectivity index is 1.09. The van der Waals surface area contributed by atoms with Gasteiger partial charge in [-0.3, -0.25) is 0 Å². The Labute approximate surface area is 201 Å². The first-order valence-electron chi connectivity index (χ1n) is 11.7. The van der Waals surface area contributed by atoms with E-state index in [1.54, 1.807) is 18.0 Å². The van der Waals surface area contributed by atoms with Gasteiger partial charge in [0.05, 0.1) is 6.26 Å². The second kappa shape index (κ2) is 9.07. The van der Waals surface area contributed by atoms with E-state index in [0.29, 0.717) is 5.92 Å². The largest absolute Gasteiger partial charge is 0.461 e. The fourth-order valence-electron chi connectivity index (χ4n) is 5.19. The van der Waals surface area contributed by atoms with Gasteiger partial charge < -0.3 is 13.9 Å². The number of benzene rings is 1. The van der Waals surface area contributed by atoms with Gasteiger partial charge in [0.1, 0.15) is 0 Å². The third kappa shape index (κ3) is 4.77. The second-order valence-electron chi connectivity index (χ2n) is 9.60. The van der Waals surface area contributed by atoms with Crippen molar-refractivity contribution in [3.8, 4) is 11.6 Å². The molecular weight excluding hydrogens is 461 g/mol. The second-order valence-corrected chi connectivity index (χ2v) is 10.7. The summed E-state index contributed by atoms with van der Waals surface area (Å²) in [6, 6.07) is 9.79. The van der Waals surface area contributed by atoms with Crippen LogP contribution in [0.4, 0.5) is 13.2 Å². The lowest BCUT2D eigenvalue weighted by Crippen LogP contribution is -2.27. The van der Waals surface area contributed by atoms with Gasteiger partial charge in [-0.15, -0.1) is 10.2 Å². The van der Waals surface area contributed by atoms with Gasteiger partial charge >= 0.3 is 6.18 Å². The molecule has 1 saturated heterocycles. The number of piperidine rings is 1. The van der Waals surface area contributed by atoms with Crippen LogP contribution in [0.15, 0.2) is 46.2 Å². The molecule has 1 aromatic carbocycles. The lowest BCUT2D eigenvalue weighted by molar-refractivity contribution is -0.133. The molecule has 0 bridgehead atoms. The molecule has 5 nitrogen and oxygen atoms in total. The maximum Gasteiger partial charge on any atom is 0.389 e. The van der Waals surface area contributed by atoms with E-state index >= 15 is 0 Å². The minimum atomic E-state index is -4.10.